The summed E-state index contributed by atoms with van der Waals surface area (Å²) in [6.07, 6.45) is 3.72. The molecule has 0 spiro atoms. The number of nitrogens with zero attached hydrogens (tertiary/aromatic N) is 3. The summed E-state index contributed by atoms with van der Waals surface area (Å²) in [5.74, 6) is 0. The molecule has 5 heteroatoms. The van der Waals surface area contributed by atoms with Gasteiger partial charge in [-0.2, -0.15) is 11.6 Å². The molecule has 0 aliphatic carbocycles. The summed E-state index contributed by atoms with van der Waals surface area (Å²) in [6.45, 7) is 14.5. The molecule has 0 rings (SSSR count). The Bertz CT molecular complexity index is 385. The van der Waals surface area contributed by atoms with Gasteiger partial charge in [0.1, 0.15) is 5.70 Å². The minimum atomic E-state index is -0.347. The molecule has 0 unspecified atom stereocenters. The quantitative estimate of drug-likeness (QED) is 0.325. The van der Waals surface area contributed by atoms with Crippen LogP contribution in [0.15, 0.2) is 17.0 Å². The second-order valence-electron chi connectivity index (χ2n) is 1.88. The van der Waals surface area contributed by atoms with Crippen LogP contribution in [0, 0.1) is 30.6 Å². The Hall–Kier alpha value is -1.28. The number of hydrogen-bond acceptors (Lipinski definition) is 2. The predicted octanol–water partition coefficient (Wildman–Crippen LogP) is 1.42. The summed E-state index contributed by atoms with van der Waals surface area (Å²) in [4.78, 5) is 15.9. The first kappa shape index (κ1) is 15.2. The summed E-state index contributed by atoms with van der Waals surface area (Å²) in [5.41, 5.74) is -0.463. The van der Waals surface area contributed by atoms with E-state index in [9.17, 15) is 4.79 Å². The SMILES string of the molecule is [C-]#[N+]C(C#N)=[C-]/C([N+]#[C-])=C(/C)[C-]=O.[Y]. The van der Waals surface area contributed by atoms with Gasteiger partial charge >= 0.3 is 0 Å². The average molecular weight is 258 g/mol. The zero-order valence-electron chi connectivity index (χ0n) is 7.33. The minimum absolute atomic E-state index is 0. The topological polar surface area (TPSA) is 49.6 Å². The zero-order chi connectivity index (χ0) is 10.3. The van der Waals surface area contributed by atoms with Crippen LogP contribution in [0.4, 0.5) is 0 Å². The van der Waals surface area contributed by atoms with Gasteiger partial charge < -0.3 is 4.79 Å². The largest absolute Gasteiger partial charge is 0.433 e. The molecule has 0 saturated carbocycles. The Labute approximate surface area is 107 Å². The van der Waals surface area contributed by atoms with Crippen LogP contribution in [0.25, 0.3) is 9.69 Å². The molecule has 0 saturated heterocycles. The standard InChI is InChI=1S/C9H3N3O.Y/c1-7(6-13)9(12-3)4-8(5-10)11-2;/h1H3;/q-2;/b9-7+;. The van der Waals surface area contributed by atoms with Crippen LogP contribution in [-0.4, -0.2) is 6.29 Å². The van der Waals surface area contributed by atoms with Crippen LogP contribution in [0.1, 0.15) is 6.92 Å². The smallest absolute Gasteiger partial charge is 0.128 e. The van der Waals surface area contributed by atoms with Crippen LogP contribution < -0.4 is 0 Å². The number of nitriles is 1. The monoisotopic (exact) mass is 258 g/mol. The average Bonchev–Trinajstić information content (AvgIpc) is 2.19. The number of rotatable bonds is 2. The maximum Gasteiger partial charge on any atom is 0.128 e. The summed E-state index contributed by atoms with van der Waals surface area (Å²) in [7, 11) is 0. The molecule has 0 atom stereocenters. The van der Waals surface area contributed by atoms with Gasteiger partial charge in [-0.05, 0) is 0 Å². The van der Waals surface area contributed by atoms with E-state index in [0.717, 1.165) is 0 Å². The van der Waals surface area contributed by atoms with Gasteiger partial charge in [0.25, 0.3) is 0 Å². The van der Waals surface area contributed by atoms with E-state index in [0.29, 0.717) is 0 Å². The third kappa shape index (κ3) is 4.68. The molecule has 1 radical (unpaired) electrons. The third-order valence-corrected chi connectivity index (χ3v) is 1.07. The van der Waals surface area contributed by atoms with Gasteiger partial charge in [0.05, 0.1) is 18.8 Å². The maximum atomic E-state index is 10.1. The van der Waals surface area contributed by atoms with Crippen molar-refractivity contribution in [1.82, 2.24) is 0 Å². The first-order chi connectivity index (χ1) is 6.19. The molecule has 0 bridgehead atoms. The minimum Gasteiger partial charge on any atom is -0.433 e. The summed E-state index contributed by atoms with van der Waals surface area (Å²) in [6, 6.07) is 1.54. The third-order valence-electron chi connectivity index (χ3n) is 1.07. The first-order valence-electron chi connectivity index (χ1n) is 3.07. The number of allylic oxidation sites excluding steroid dienone is 3. The van der Waals surface area contributed by atoms with Gasteiger partial charge in [0, 0.05) is 32.7 Å². The fourth-order valence-corrected chi connectivity index (χ4v) is 0.447. The summed E-state index contributed by atoms with van der Waals surface area (Å²) in [5, 5.41) is 8.34. The molecule has 0 amide bonds. The molecule has 0 fully saturated rings. The van der Waals surface area contributed by atoms with E-state index in [-0.39, 0.29) is 49.7 Å². The van der Waals surface area contributed by atoms with Gasteiger partial charge in [0.15, 0.2) is 0 Å². The Morgan fingerprint density at radius 1 is 1.43 bits per heavy atom. The van der Waals surface area contributed by atoms with Crippen molar-refractivity contribution in [2.45, 2.75) is 6.92 Å². The van der Waals surface area contributed by atoms with Gasteiger partial charge in [-0.3, -0.25) is 15.0 Å². The molecular formula is C9H3N3OY-2. The van der Waals surface area contributed by atoms with Crippen LogP contribution in [0.3, 0.4) is 0 Å². The van der Waals surface area contributed by atoms with Gasteiger partial charge in [-0.1, -0.05) is 12.4 Å². The Morgan fingerprint density at radius 2 is 2.00 bits per heavy atom. The fraction of sp³-hybridized carbons (Fsp3) is 0.111. The summed E-state index contributed by atoms with van der Waals surface area (Å²) < 4.78 is 0. The Balaban J connectivity index is 0. The first-order valence-corrected chi connectivity index (χ1v) is 3.07. The molecule has 0 aromatic carbocycles. The van der Waals surface area contributed by atoms with E-state index in [1.165, 1.54) is 19.3 Å². The van der Waals surface area contributed by atoms with Crippen molar-refractivity contribution in [1.29, 1.82) is 5.26 Å². The molecular weight excluding hydrogens is 255 g/mol. The second kappa shape index (κ2) is 8.33. The van der Waals surface area contributed by atoms with E-state index < -0.39 is 0 Å². The van der Waals surface area contributed by atoms with Gasteiger partial charge in [0.2, 0.25) is 0 Å². The van der Waals surface area contributed by atoms with Crippen molar-refractivity contribution >= 4 is 6.29 Å². The van der Waals surface area contributed by atoms with Crippen LogP contribution in [-0.2, 0) is 37.5 Å². The van der Waals surface area contributed by atoms with Crippen LogP contribution in [0.5, 0.6) is 0 Å². The molecule has 0 aromatic rings. The van der Waals surface area contributed by atoms with E-state index in [1.54, 1.807) is 0 Å². The van der Waals surface area contributed by atoms with Crippen molar-refractivity contribution in [3.63, 3.8) is 0 Å². The van der Waals surface area contributed by atoms with Gasteiger partial charge in [-0.25, -0.2) is 0 Å². The van der Waals surface area contributed by atoms with E-state index in [1.807, 2.05) is 0 Å². The molecule has 4 nitrogen and oxygen atoms in total. The fourth-order valence-electron chi connectivity index (χ4n) is 0.447. The van der Waals surface area contributed by atoms with E-state index >= 15 is 0 Å². The Kier molecular flexibility index (Phi) is 9.05. The van der Waals surface area contributed by atoms with Crippen LogP contribution in [0.2, 0.25) is 0 Å². The number of hydrogen-bond donors (Lipinski definition) is 0. The summed E-state index contributed by atoms with van der Waals surface area (Å²) >= 11 is 0. The molecule has 65 valence electrons. The molecule has 14 heavy (non-hydrogen) atoms. The molecule has 0 aliphatic heterocycles. The second-order valence-corrected chi connectivity index (χ2v) is 1.88. The number of carbonyl (C=O) groups excluding carboxylic acids is 1. The Morgan fingerprint density at radius 3 is 2.29 bits per heavy atom. The van der Waals surface area contributed by atoms with Gasteiger partial charge in [-0.15, -0.1) is 6.92 Å². The molecule has 0 aliphatic rings. The zero-order valence-corrected chi connectivity index (χ0v) is 10.2. The molecule has 0 N–H and O–H groups in total. The normalized spacial score (nSPS) is 10.9. The van der Waals surface area contributed by atoms with Crippen molar-refractivity contribution in [2.24, 2.45) is 0 Å². The van der Waals surface area contributed by atoms with Crippen molar-refractivity contribution in [2.75, 3.05) is 0 Å². The van der Waals surface area contributed by atoms with E-state index in [4.69, 9.17) is 18.4 Å². The van der Waals surface area contributed by atoms with Crippen LogP contribution >= 0.6 is 0 Å². The van der Waals surface area contributed by atoms with Crippen molar-refractivity contribution < 1.29 is 37.5 Å². The predicted molar refractivity (Wildman–Crippen MR) is 44.0 cm³/mol. The van der Waals surface area contributed by atoms with Crippen molar-refractivity contribution in [3.8, 4) is 6.07 Å². The molecule has 0 heterocycles. The van der Waals surface area contributed by atoms with Crippen molar-refractivity contribution in [3.05, 3.63) is 45.9 Å². The van der Waals surface area contributed by atoms with E-state index in [2.05, 4.69) is 15.8 Å². The molecule has 0 aromatic heterocycles. The maximum absolute atomic E-state index is 10.1.